The fourth-order valence-electron chi connectivity index (χ4n) is 2.33. The number of hydrogen-bond acceptors (Lipinski definition) is 3. The Morgan fingerprint density at radius 2 is 2.20 bits per heavy atom. The highest BCUT2D eigenvalue weighted by Crippen LogP contribution is 2.24. The first kappa shape index (κ1) is 15.5. The molecule has 1 aromatic rings. The minimum absolute atomic E-state index is 0.00917. The van der Waals surface area contributed by atoms with Crippen molar-refractivity contribution >= 4 is 21.8 Å². The molecular weight excluding hydrogens is 320 g/mol. The maximum Gasteiger partial charge on any atom is 0.222 e. The molecule has 0 aromatic heterocycles. The van der Waals surface area contributed by atoms with Crippen molar-refractivity contribution in [2.75, 3.05) is 33.3 Å². The molecule has 1 fully saturated rings. The van der Waals surface area contributed by atoms with Crippen LogP contribution in [0.5, 0.6) is 0 Å². The Morgan fingerprint density at radius 1 is 1.45 bits per heavy atom. The predicted octanol–water partition coefficient (Wildman–Crippen LogP) is 2.35. The molecule has 1 aliphatic rings. The van der Waals surface area contributed by atoms with Crippen molar-refractivity contribution in [3.05, 3.63) is 34.3 Å². The van der Waals surface area contributed by atoms with E-state index >= 15 is 0 Å². The van der Waals surface area contributed by atoms with E-state index in [4.69, 9.17) is 4.74 Å². The lowest BCUT2D eigenvalue weighted by Gasteiger charge is -2.33. The summed E-state index contributed by atoms with van der Waals surface area (Å²) >= 11 is 3.43. The molecule has 1 unspecified atom stereocenters. The molecular formula is C15H21BrN2O2. The summed E-state index contributed by atoms with van der Waals surface area (Å²) in [6.45, 7) is 2.84. The second-order valence-electron chi connectivity index (χ2n) is 4.96. The third-order valence-electron chi connectivity index (χ3n) is 3.48. The summed E-state index contributed by atoms with van der Waals surface area (Å²) < 4.78 is 6.84. The van der Waals surface area contributed by atoms with Gasteiger partial charge in [-0.2, -0.15) is 0 Å². The number of halogens is 1. The molecule has 110 valence electrons. The van der Waals surface area contributed by atoms with Crippen molar-refractivity contribution in [1.82, 2.24) is 10.2 Å². The predicted molar refractivity (Wildman–Crippen MR) is 82.6 cm³/mol. The lowest BCUT2D eigenvalue weighted by molar-refractivity contribution is -0.139. The van der Waals surface area contributed by atoms with Gasteiger partial charge in [-0.3, -0.25) is 4.79 Å². The fraction of sp³-hybridized carbons (Fsp3) is 0.533. The van der Waals surface area contributed by atoms with Gasteiger partial charge in [-0.1, -0.05) is 28.1 Å². The van der Waals surface area contributed by atoms with Crippen LogP contribution in [0.4, 0.5) is 0 Å². The molecule has 20 heavy (non-hydrogen) atoms. The van der Waals surface area contributed by atoms with E-state index in [1.165, 1.54) is 0 Å². The third-order valence-corrected chi connectivity index (χ3v) is 4.01. The van der Waals surface area contributed by atoms with Crippen LogP contribution in [0.25, 0.3) is 0 Å². The number of morpholine rings is 1. The minimum atomic E-state index is -0.00917. The Labute approximate surface area is 128 Å². The lowest BCUT2D eigenvalue weighted by atomic mass is 10.1. The van der Waals surface area contributed by atoms with Crippen LogP contribution in [0.3, 0.4) is 0 Å². The SMILES string of the molecule is CNCCCC(=O)N1CCOC(c2ccc(Br)cc2)C1. The van der Waals surface area contributed by atoms with Crippen LogP contribution < -0.4 is 5.32 Å². The fourth-order valence-corrected chi connectivity index (χ4v) is 2.59. The number of ether oxygens (including phenoxy) is 1. The van der Waals surface area contributed by atoms with E-state index in [9.17, 15) is 4.79 Å². The molecule has 1 heterocycles. The Morgan fingerprint density at radius 3 is 2.90 bits per heavy atom. The van der Waals surface area contributed by atoms with Crippen molar-refractivity contribution in [3.63, 3.8) is 0 Å². The van der Waals surface area contributed by atoms with Gasteiger partial charge in [0.2, 0.25) is 5.91 Å². The summed E-state index contributed by atoms with van der Waals surface area (Å²) in [5.74, 6) is 0.227. The van der Waals surface area contributed by atoms with Crippen LogP contribution in [-0.2, 0) is 9.53 Å². The Kier molecular flexibility index (Phi) is 6.01. The highest BCUT2D eigenvalue weighted by atomic mass is 79.9. The molecule has 2 rings (SSSR count). The first-order chi connectivity index (χ1) is 9.70. The molecule has 4 nitrogen and oxygen atoms in total. The van der Waals surface area contributed by atoms with Gasteiger partial charge in [0, 0.05) is 17.4 Å². The normalized spacial score (nSPS) is 19.1. The van der Waals surface area contributed by atoms with Gasteiger partial charge in [-0.15, -0.1) is 0 Å². The standard InChI is InChI=1S/C15H21BrN2O2/c1-17-8-2-3-15(19)18-9-10-20-14(11-18)12-4-6-13(16)7-5-12/h4-7,14,17H,2-3,8-11H2,1H3. The number of benzene rings is 1. The van der Waals surface area contributed by atoms with Crippen LogP contribution >= 0.6 is 15.9 Å². The van der Waals surface area contributed by atoms with E-state index < -0.39 is 0 Å². The van der Waals surface area contributed by atoms with Crippen molar-refractivity contribution in [2.45, 2.75) is 18.9 Å². The summed E-state index contributed by atoms with van der Waals surface area (Å²) in [5.41, 5.74) is 1.13. The number of rotatable bonds is 5. The minimum Gasteiger partial charge on any atom is -0.370 e. The average molecular weight is 341 g/mol. The van der Waals surface area contributed by atoms with Crippen molar-refractivity contribution in [2.24, 2.45) is 0 Å². The molecule has 1 N–H and O–H groups in total. The smallest absolute Gasteiger partial charge is 0.222 e. The highest BCUT2D eigenvalue weighted by molar-refractivity contribution is 9.10. The van der Waals surface area contributed by atoms with E-state index in [-0.39, 0.29) is 12.0 Å². The second kappa shape index (κ2) is 7.76. The van der Waals surface area contributed by atoms with Gasteiger partial charge in [-0.05, 0) is 37.7 Å². The zero-order valence-corrected chi connectivity index (χ0v) is 13.4. The molecule has 1 aliphatic heterocycles. The molecule has 1 saturated heterocycles. The monoisotopic (exact) mass is 340 g/mol. The maximum atomic E-state index is 12.1. The average Bonchev–Trinajstić information content (AvgIpc) is 2.48. The van der Waals surface area contributed by atoms with Gasteiger partial charge in [0.05, 0.1) is 13.2 Å². The molecule has 0 radical (unpaired) electrons. The van der Waals surface area contributed by atoms with Gasteiger partial charge in [0.15, 0.2) is 0 Å². The van der Waals surface area contributed by atoms with Crippen molar-refractivity contribution < 1.29 is 9.53 Å². The van der Waals surface area contributed by atoms with Gasteiger partial charge >= 0.3 is 0 Å². The number of carbonyl (C=O) groups excluding carboxylic acids is 1. The topological polar surface area (TPSA) is 41.6 Å². The van der Waals surface area contributed by atoms with Crippen LogP contribution in [0.15, 0.2) is 28.7 Å². The number of amides is 1. The maximum absolute atomic E-state index is 12.1. The third kappa shape index (κ3) is 4.30. The first-order valence-electron chi connectivity index (χ1n) is 7.00. The molecule has 0 aliphatic carbocycles. The van der Waals surface area contributed by atoms with Crippen LogP contribution in [0.1, 0.15) is 24.5 Å². The van der Waals surface area contributed by atoms with Gasteiger partial charge in [-0.25, -0.2) is 0 Å². The summed E-state index contributed by atoms with van der Waals surface area (Å²) in [5, 5.41) is 3.07. The van der Waals surface area contributed by atoms with E-state index in [0.29, 0.717) is 26.1 Å². The Balaban J connectivity index is 1.91. The summed E-state index contributed by atoms with van der Waals surface area (Å²) in [4.78, 5) is 14.1. The summed E-state index contributed by atoms with van der Waals surface area (Å²) in [6.07, 6.45) is 1.48. The van der Waals surface area contributed by atoms with Crippen LogP contribution in [0.2, 0.25) is 0 Å². The molecule has 1 amide bonds. The van der Waals surface area contributed by atoms with Crippen molar-refractivity contribution in [3.8, 4) is 0 Å². The number of hydrogen-bond donors (Lipinski definition) is 1. The van der Waals surface area contributed by atoms with Gasteiger partial charge in [0.25, 0.3) is 0 Å². The Bertz CT molecular complexity index is 436. The van der Waals surface area contributed by atoms with Crippen LogP contribution in [0, 0.1) is 0 Å². The molecule has 1 aromatic carbocycles. The van der Waals surface area contributed by atoms with Gasteiger partial charge < -0.3 is 15.0 Å². The molecule has 0 spiro atoms. The van der Waals surface area contributed by atoms with Crippen molar-refractivity contribution in [1.29, 1.82) is 0 Å². The molecule has 1 atom stereocenters. The second-order valence-corrected chi connectivity index (χ2v) is 5.87. The Hall–Kier alpha value is -0.910. The molecule has 0 bridgehead atoms. The zero-order chi connectivity index (χ0) is 14.4. The first-order valence-corrected chi connectivity index (χ1v) is 7.79. The summed E-state index contributed by atoms with van der Waals surface area (Å²) in [7, 11) is 1.91. The van der Waals surface area contributed by atoms with E-state index in [1.54, 1.807) is 0 Å². The largest absolute Gasteiger partial charge is 0.370 e. The lowest BCUT2D eigenvalue weighted by Crippen LogP contribution is -2.42. The zero-order valence-electron chi connectivity index (χ0n) is 11.8. The van der Waals surface area contributed by atoms with E-state index in [0.717, 1.165) is 23.0 Å². The summed E-state index contributed by atoms with van der Waals surface area (Å²) in [6, 6.07) is 8.10. The van der Waals surface area contributed by atoms with E-state index in [1.807, 2.05) is 36.2 Å². The quantitative estimate of drug-likeness (QED) is 0.836. The molecule has 5 heteroatoms. The number of carbonyl (C=O) groups is 1. The number of nitrogens with zero attached hydrogens (tertiary/aromatic N) is 1. The molecule has 0 saturated carbocycles. The van der Waals surface area contributed by atoms with E-state index in [2.05, 4.69) is 21.2 Å². The van der Waals surface area contributed by atoms with Crippen LogP contribution in [-0.4, -0.2) is 44.1 Å². The number of nitrogens with one attached hydrogen (secondary N) is 1. The highest BCUT2D eigenvalue weighted by Gasteiger charge is 2.24. The van der Waals surface area contributed by atoms with Gasteiger partial charge in [0.1, 0.15) is 6.10 Å².